The summed E-state index contributed by atoms with van der Waals surface area (Å²) in [5.74, 6) is 1.06. The highest BCUT2D eigenvalue weighted by atomic mass is 16.1. The predicted octanol–water partition coefficient (Wildman–Crippen LogP) is 2.33. The van der Waals surface area contributed by atoms with Crippen molar-refractivity contribution in [1.82, 2.24) is 4.90 Å². The van der Waals surface area contributed by atoms with Gasteiger partial charge in [0.25, 0.3) is 0 Å². The molecule has 0 aliphatic carbocycles. The highest BCUT2D eigenvalue weighted by Crippen LogP contribution is 2.32. The number of rotatable bonds is 3. The Morgan fingerprint density at radius 2 is 1.93 bits per heavy atom. The van der Waals surface area contributed by atoms with Gasteiger partial charge in [0.05, 0.1) is 5.54 Å². The summed E-state index contributed by atoms with van der Waals surface area (Å²) in [6.45, 7) is 9.47. The van der Waals surface area contributed by atoms with E-state index in [1.165, 1.54) is 0 Å². The van der Waals surface area contributed by atoms with Crippen molar-refractivity contribution >= 4 is 5.78 Å². The van der Waals surface area contributed by atoms with Crippen molar-refractivity contribution in [2.45, 2.75) is 46.1 Å². The number of ketones is 1. The molecule has 1 aliphatic heterocycles. The molecule has 2 nitrogen and oxygen atoms in total. The van der Waals surface area contributed by atoms with E-state index in [9.17, 15) is 4.79 Å². The standard InChI is InChI=1S/C12H23NO/c1-9(2)10(3)11(14)12(4)7-6-8-13(12)5/h9-10H,6-8H2,1-5H3. The molecule has 2 heteroatoms. The van der Waals surface area contributed by atoms with Gasteiger partial charge in [-0.1, -0.05) is 20.8 Å². The highest BCUT2D eigenvalue weighted by molar-refractivity contribution is 5.90. The number of carbonyl (C=O) groups is 1. The van der Waals surface area contributed by atoms with Gasteiger partial charge in [0.15, 0.2) is 5.78 Å². The van der Waals surface area contributed by atoms with Gasteiger partial charge >= 0.3 is 0 Å². The van der Waals surface area contributed by atoms with E-state index >= 15 is 0 Å². The van der Waals surface area contributed by atoms with Crippen LogP contribution in [0.1, 0.15) is 40.5 Å². The molecule has 1 aliphatic rings. The Morgan fingerprint density at radius 3 is 2.29 bits per heavy atom. The van der Waals surface area contributed by atoms with Crippen LogP contribution >= 0.6 is 0 Å². The van der Waals surface area contributed by atoms with Crippen molar-refractivity contribution in [2.75, 3.05) is 13.6 Å². The molecule has 82 valence electrons. The average Bonchev–Trinajstić information content (AvgIpc) is 2.46. The quantitative estimate of drug-likeness (QED) is 0.692. The number of likely N-dealkylation sites (N-methyl/N-ethyl adjacent to an activating group) is 1. The summed E-state index contributed by atoms with van der Waals surface area (Å²) >= 11 is 0. The number of carbonyl (C=O) groups excluding carboxylic acids is 1. The van der Waals surface area contributed by atoms with Crippen LogP contribution in [0.2, 0.25) is 0 Å². The van der Waals surface area contributed by atoms with E-state index in [0.29, 0.717) is 11.7 Å². The minimum atomic E-state index is -0.191. The smallest absolute Gasteiger partial charge is 0.155 e. The van der Waals surface area contributed by atoms with Gasteiger partial charge in [0.2, 0.25) is 0 Å². The van der Waals surface area contributed by atoms with Crippen molar-refractivity contribution in [3.05, 3.63) is 0 Å². The lowest BCUT2D eigenvalue weighted by Crippen LogP contribution is -2.49. The van der Waals surface area contributed by atoms with Gasteiger partial charge in [0.1, 0.15) is 0 Å². The van der Waals surface area contributed by atoms with Gasteiger partial charge in [-0.25, -0.2) is 0 Å². The zero-order valence-corrected chi connectivity index (χ0v) is 10.1. The first-order valence-corrected chi connectivity index (χ1v) is 5.65. The molecule has 0 aromatic heterocycles. The third-order valence-corrected chi connectivity index (χ3v) is 3.94. The number of Topliss-reactive ketones (excluding diaryl/α,β-unsaturated/α-hetero) is 1. The number of hydrogen-bond donors (Lipinski definition) is 0. The van der Waals surface area contributed by atoms with Crippen LogP contribution in [-0.4, -0.2) is 29.8 Å². The lowest BCUT2D eigenvalue weighted by Gasteiger charge is -2.34. The average molecular weight is 197 g/mol. The van der Waals surface area contributed by atoms with E-state index in [0.717, 1.165) is 19.4 Å². The Kier molecular flexibility index (Phi) is 3.36. The molecule has 2 unspecified atom stereocenters. The first-order valence-electron chi connectivity index (χ1n) is 5.65. The molecule has 14 heavy (non-hydrogen) atoms. The maximum absolute atomic E-state index is 12.3. The Morgan fingerprint density at radius 1 is 1.36 bits per heavy atom. The minimum absolute atomic E-state index is 0.181. The van der Waals surface area contributed by atoms with E-state index in [-0.39, 0.29) is 11.5 Å². The summed E-state index contributed by atoms with van der Waals surface area (Å²) in [6, 6.07) is 0. The van der Waals surface area contributed by atoms with Crippen LogP contribution < -0.4 is 0 Å². The highest BCUT2D eigenvalue weighted by Gasteiger charge is 2.42. The fraction of sp³-hybridized carbons (Fsp3) is 0.917. The summed E-state index contributed by atoms with van der Waals surface area (Å²) < 4.78 is 0. The SMILES string of the molecule is CC(C)C(C)C(=O)C1(C)CCCN1C. The third kappa shape index (κ3) is 1.85. The zero-order chi connectivity index (χ0) is 10.9. The molecular weight excluding hydrogens is 174 g/mol. The topological polar surface area (TPSA) is 20.3 Å². The van der Waals surface area contributed by atoms with Crippen LogP contribution in [0.15, 0.2) is 0 Å². The van der Waals surface area contributed by atoms with E-state index in [1.54, 1.807) is 0 Å². The van der Waals surface area contributed by atoms with E-state index in [2.05, 4.69) is 39.6 Å². The molecule has 0 aromatic rings. The zero-order valence-electron chi connectivity index (χ0n) is 10.1. The van der Waals surface area contributed by atoms with Crippen molar-refractivity contribution in [3.8, 4) is 0 Å². The molecule has 1 rings (SSSR count). The molecular formula is C12H23NO. The van der Waals surface area contributed by atoms with Crippen molar-refractivity contribution < 1.29 is 4.79 Å². The second-order valence-corrected chi connectivity index (χ2v) is 5.20. The van der Waals surface area contributed by atoms with Crippen LogP contribution in [-0.2, 0) is 4.79 Å². The largest absolute Gasteiger partial charge is 0.297 e. The molecule has 1 saturated heterocycles. The normalized spacial score (nSPS) is 31.0. The molecule has 0 saturated carbocycles. The minimum Gasteiger partial charge on any atom is -0.297 e. The fourth-order valence-electron chi connectivity index (χ4n) is 2.20. The summed E-state index contributed by atoms with van der Waals surface area (Å²) in [4.78, 5) is 14.5. The Balaban J connectivity index is 2.77. The first-order chi connectivity index (χ1) is 6.39. The first kappa shape index (κ1) is 11.7. The van der Waals surface area contributed by atoms with Crippen LogP contribution in [0.25, 0.3) is 0 Å². The van der Waals surface area contributed by atoms with Crippen molar-refractivity contribution in [1.29, 1.82) is 0 Å². The summed E-state index contributed by atoms with van der Waals surface area (Å²) in [5, 5.41) is 0. The summed E-state index contributed by atoms with van der Waals surface area (Å²) in [5.41, 5.74) is -0.191. The van der Waals surface area contributed by atoms with Crippen molar-refractivity contribution in [3.63, 3.8) is 0 Å². The molecule has 0 aromatic carbocycles. The van der Waals surface area contributed by atoms with Gasteiger partial charge in [0, 0.05) is 5.92 Å². The number of likely N-dealkylation sites (tertiary alicyclic amines) is 1. The Hall–Kier alpha value is -0.370. The van der Waals surface area contributed by atoms with Gasteiger partial charge in [-0.3, -0.25) is 9.69 Å². The maximum atomic E-state index is 12.3. The summed E-state index contributed by atoms with van der Waals surface area (Å²) in [6.07, 6.45) is 2.18. The molecule has 0 amide bonds. The number of nitrogens with zero attached hydrogens (tertiary/aromatic N) is 1. The molecule has 0 radical (unpaired) electrons. The van der Waals surface area contributed by atoms with Crippen LogP contribution in [0.3, 0.4) is 0 Å². The maximum Gasteiger partial charge on any atom is 0.155 e. The van der Waals surface area contributed by atoms with Crippen LogP contribution in [0, 0.1) is 11.8 Å². The molecule has 0 N–H and O–H groups in total. The van der Waals surface area contributed by atoms with Crippen LogP contribution in [0.5, 0.6) is 0 Å². The van der Waals surface area contributed by atoms with Crippen LogP contribution in [0.4, 0.5) is 0 Å². The second-order valence-electron chi connectivity index (χ2n) is 5.20. The Bertz CT molecular complexity index is 224. The predicted molar refractivity (Wildman–Crippen MR) is 59.3 cm³/mol. The van der Waals surface area contributed by atoms with Gasteiger partial charge < -0.3 is 0 Å². The van der Waals surface area contributed by atoms with E-state index in [4.69, 9.17) is 0 Å². The van der Waals surface area contributed by atoms with Crippen molar-refractivity contribution in [2.24, 2.45) is 11.8 Å². The monoisotopic (exact) mass is 197 g/mol. The molecule has 1 heterocycles. The molecule has 0 bridgehead atoms. The molecule has 2 atom stereocenters. The molecule has 0 spiro atoms. The Labute approximate surface area is 87.7 Å². The van der Waals surface area contributed by atoms with Gasteiger partial charge in [-0.15, -0.1) is 0 Å². The fourth-order valence-corrected chi connectivity index (χ4v) is 2.20. The summed E-state index contributed by atoms with van der Waals surface area (Å²) in [7, 11) is 2.07. The lowest BCUT2D eigenvalue weighted by atomic mass is 9.81. The second kappa shape index (κ2) is 4.01. The van der Waals surface area contributed by atoms with Gasteiger partial charge in [-0.05, 0) is 39.3 Å². The third-order valence-electron chi connectivity index (χ3n) is 3.94. The van der Waals surface area contributed by atoms with Gasteiger partial charge in [-0.2, -0.15) is 0 Å². The molecule has 1 fully saturated rings. The number of hydrogen-bond acceptors (Lipinski definition) is 2. The van der Waals surface area contributed by atoms with E-state index < -0.39 is 0 Å². The van der Waals surface area contributed by atoms with E-state index in [1.807, 2.05) is 0 Å². The lowest BCUT2D eigenvalue weighted by molar-refractivity contribution is -0.132.